The average molecular weight is 355 g/mol. The van der Waals surface area contributed by atoms with E-state index in [0.29, 0.717) is 17.9 Å². The summed E-state index contributed by atoms with van der Waals surface area (Å²) in [5, 5.41) is 3.01. The van der Waals surface area contributed by atoms with Gasteiger partial charge in [-0.1, -0.05) is 31.4 Å². The van der Waals surface area contributed by atoms with Crippen LogP contribution in [0.25, 0.3) is 5.70 Å². The van der Waals surface area contributed by atoms with Gasteiger partial charge in [0.2, 0.25) is 5.91 Å². The number of esters is 1. The fraction of sp³-hybridized carbons (Fsp3) is 0.545. The Morgan fingerprint density at radius 1 is 1.12 bits per heavy atom. The highest BCUT2D eigenvalue weighted by Crippen LogP contribution is 2.52. The van der Waals surface area contributed by atoms with E-state index in [4.69, 9.17) is 4.74 Å². The van der Waals surface area contributed by atoms with Crippen LogP contribution in [-0.2, 0) is 20.7 Å². The van der Waals surface area contributed by atoms with E-state index < -0.39 is 0 Å². The van der Waals surface area contributed by atoms with E-state index in [-0.39, 0.29) is 17.3 Å². The molecule has 1 spiro atoms. The van der Waals surface area contributed by atoms with Gasteiger partial charge in [-0.05, 0) is 56.7 Å². The molecule has 0 aromatic heterocycles. The second-order valence-electron chi connectivity index (χ2n) is 7.72. The largest absolute Gasteiger partial charge is 0.463 e. The zero-order valence-electron chi connectivity index (χ0n) is 16.3. The van der Waals surface area contributed by atoms with Crippen molar-refractivity contribution in [1.29, 1.82) is 0 Å². The van der Waals surface area contributed by atoms with Crippen molar-refractivity contribution in [3.8, 4) is 0 Å². The quantitative estimate of drug-likeness (QED) is 0.826. The summed E-state index contributed by atoms with van der Waals surface area (Å²) in [6.07, 6.45) is 6.21. The molecule has 2 aliphatic carbocycles. The zero-order chi connectivity index (χ0) is 18.9. The Morgan fingerprint density at radius 3 is 2.38 bits per heavy atom. The van der Waals surface area contributed by atoms with Crippen LogP contribution in [0, 0.1) is 19.3 Å². The van der Waals surface area contributed by atoms with Gasteiger partial charge in [-0.15, -0.1) is 0 Å². The number of carbonyl (C=O) groups excluding carboxylic acids is 2. The predicted molar refractivity (Wildman–Crippen MR) is 103 cm³/mol. The third-order valence-electron chi connectivity index (χ3n) is 5.89. The van der Waals surface area contributed by atoms with Crippen LogP contribution in [0.2, 0.25) is 0 Å². The van der Waals surface area contributed by atoms with Gasteiger partial charge >= 0.3 is 5.97 Å². The summed E-state index contributed by atoms with van der Waals surface area (Å²) in [7, 11) is 0. The molecule has 1 aromatic carbocycles. The molecule has 2 aliphatic rings. The fourth-order valence-electron chi connectivity index (χ4n) is 4.74. The highest BCUT2D eigenvalue weighted by molar-refractivity contribution is 6.03. The Bertz CT molecular complexity index is 770. The molecule has 0 saturated heterocycles. The normalized spacial score (nSPS) is 18.5. The van der Waals surface area contributed by atoms with Crippen molar-refractivity contribution in [3.05, 3.63) is 40.0 Å². The van der Waals surface area contributed by atoms with Gasteiger partial charge in [-0.3, -0.25) is 4.79 Å². The number of hydrogen-bond donors (Lipinski definition) is 1. The van der Waals surface area contributed by atoms with E-state index in [2.05, 4.69) is 24.4 Å². The molecule has 1 amide bonds. The Kier molecular flexibility index (Phi) is 5.22. The maximum atomic E-state index is 13.0. The molecule has 140 valence electrons. The summed E-state index contributed by atoms with van der Waals surface area (Å²) in [6, 6.07) is 4.21. The number of hydrogen-bond acceptors (Lipinski definition) is 3. The zero-order valence-corrected chi connectivity index (χ0v) is 16.3. The first-order chi connectivity index (χ1) is 12.4. The number of nitrogens with one attached hydrogen (secondary N) is 1. The maximum absolute atomic E-state index is 13.0. The number of benzene rings is 1. The number of ether oxygens (including phenoxy) is 1. The van der Waals surface area contributed by atoms with Gasteiger partial charge in [0.05, 0.1) is 17.9 Å². The number of amides is 1. The van der Waals surface area contributed by atoms with Crippen molar-refractivity contribution in [3.63, 3.8) is 0 Å². The summed E-state index contributed by atoms with van der Waals surface area (Å²) in [5.41, 5.74) is 5.73. The second-order valence-corrected chi connectivity index (χ2v) is 7.72. The number of aryl methyl sites for hydroxylation is 2. The van der Waals surface area contributed by atoms with Gasteiger partial charge in [0, 0.05) is 17.9 Å². The second kappa shape index (κ2) is 7.26. The lowest BCUT2D eigenvalue weighted by molar-refractivity contribution is -0.140. The predicted octanol–water partition coefficient (Wildman–Crippen LogP) is 4.22. The molecule has 1 saturated carbocycles. The first-order valence-corrected chi connectivity index (χ1v) is 9.68. The van der Waals surface area contributed by atoms with Crippen LogP contribution in [0.1, 0.15) is 68.2 Å². The summed E-state index contributed by atoms with van der Waals surface area (Å²) in [6.45, 7) is 7.83. The fourth-order valence-corrected chi connectivity index (χ4v) is 4.74. The molecule has 0 bridgehead atoms. The van der Waals surface area contributed by atoms with Crippen molar-refractivity contribution in [2.75, 3.05) is 6.61 Å². The summed E-state index contributed by atoms with van der Waals surface area (Å²) < 4.78 is 5.46. The Morgan fingerprint density at radius 2 is 1.77 bits per heavy atom. The highest BCUT2D eigenvalue weighted by atomic mass is 16.5. The summed E-state index contributed by atoms with van der Waals surface area (Å²) in [5.74, 6) is -0.425. The minimum atomic E-state index is -0.273. The third-order valence-corrected chi connectivity index (χ3v) is 5.89. The Hall–Kier alpha value is -2.10. The van der Waals surface area contributed by atoms with Crippen LogP contribution in [0.5, 0.6) is 0 Å². The van der Waals surface area contributed by atoms with Crippen molar-refractivity contribution in [2.45, 2.75) is 66.2 Å². The Labute approximate surface area is 156 Å². The van der Waals surface area contributed by atoms with Gasteiger partial charge in [-0.2, -0.15) is 0 Å². The Balaban J connectivity index is 2.31. The van der Waals surface area contributed by atoms with Gasteiger partial charge in [0.15, 0.2) is 0 Å². The third kappa shape index (κ3) is 3.17. The first-order valence-electron chi connectivity index (χ1n) is 9.68. The molecule has 3 rings (SSSR count). The minimum Gasteiger partial charge on any atom is -0.463 e. The van der Waals surface area contributed by atoms with Crippen LogP contribution in [0.4, 0.5) is 0 Å². The molecule has 0 radical (unpaired) electrons. The molecular formula is C22H29NO3. The van der Waals surface area contributed by atoms with Crippen LogP contribution < -0.4 is 5.32 Å². The summed E-state index contributed by atoms with van der Waals surface area (Å²) in [4.78, 5) is 25.1. The molecule has 4 heteroatoms. The molecule has 26 heavy (non-hydrogen) atoms. The molecular weight excluding hydrogens is 326 g/mol. The lowest BCUT2D eigenvalue weighted by Crippen LogP contribution is -2.40. The van der Waals surface area contributed by atoms with Gasteiger partial charge < -0.3 is 10.1 Å². The summed E-state index contributed by atoms with van der Waals surface area (Å²) >= 11 is 0. The molecule has 0 atom stereocenters. The molecule has 1 aromatic rings. The number of rotatable bonds is 3. The molecule has 0 aliphatic heterocycles. The standard InChI is InChI=1S/C22H29NO3/c1-5-26-21(25)19-20(23-16(4)24)18-15(3)10-9-14(2)17(18)13-22(19)11-7-6-8-12-22/h9-10H,5-8,11-13H2,1-4H3,(H,23,24). The molecule has 4 nitrogen and oxygen atoms in total. The van der Waals surface area contributed by atoms with E-state index in [1.807, 2.05) is 13.8 Å². The lowest BCUT2D eigenvalue weighted by atomic mass is 9.61. The van der Waals surface area contributed by atoms with E-state index in [1.165, 1.54) is 24.5 Å². The van der Waals surface area contributed by atoms with E-state index in [1.54, 1.807) is 0 Å². The van der Waals surface area contributed by atoms with Gasteiger partial charge in [0.25, 0.3) is 0 Å². The molecule has 1 N–H and O–H groups in total. The van der Waals surface area contributed by atoms with Crippen LogP contribution in [0.15, 0.2) is 17.7 Å². The SMILES string of the molecule is CCOC(=O)C1=C(NC(C)=O)c2c(C)ccc(C)c2CC12CCCCC2. The van der Waals surface area contributed by atoms with Crippen LogP contribution in [0.3, 0.4) is 0 Å². The molecule has 0 unspecified atom stereocenters. The number of carbonyl (C=O) groups is 2. The van der Waals surface area contributed by atoms with E-state index >= 15 is 0 Å². The minimum absolute atomic E-state index is 0.151. The maximum Gasteiger partial charge on any atom is 0.336 e. The van der Waals surface area contributed by atoms with E-state index in [0.717, 1.165) is 43.2 Å². The van der Waals surface area contributed by atoms with Gasteiger partial charge in [0.1, 0.15) is 0 Å². The van der Waals surface area contributed by atoms with Crippen molar-refractivity contribution in [2.24, 2.45) is 5.41 Å². The first kappa shape index (κ1) is 18.7. The van der Waals surface area contributed by atoms with Crippen molar-refractivity contribution in [1.82, 2.24) is 5.32 Å². The highest BCUT2D eigenvalue weighted by Gasteiger charge is 2.46. The van der Waals surface area contributed by atoms with Crippen molar-refractivity contribution < 1.29 is 14.3 Å². The molecule has 0 heterocycles. The average Bonchev–Trinajstić information content (AvgIpc) is 2.58. The van der Waals surface area contributed by atoms with Crippen molar-refractivity contribution >= 4 is 17.6 Å². The number of fused-ring (bicyclic) bond motifs is 1. The van der Waals surface area contributed by atoms with Crippen LogP contribution in [-0.4, -0.2) is 18.5 Å². The van der Waals surface area contributed by atoms with Gasteiger partial charge in [-0.25, -0.2) is 4.79 Å². The smallest absolute Gasteiger partial charge is 0.336 e. The van der Waals surface area contributed by atoms with E-state index in [9.17, 15) is 9.59 Å². The monoisotopic (exact) mass is 355 g/mol. The lowest BCUT2D eigenvalue weighted by Gasteiger charge is -2.44. The van der Waals surface area contributed by atoms with Crippen LogP contribution >= 0.6 is 0 Å². The molecule has 1 fully saturated rings. The topological polar surface area (TPSA) is 55.4 Å².